The van der Waals surface area contributed by atoms with Crippen LogP contribution in [0.2, 0.25) is 0 Å². The number of hydrogen-bond donors (Lipinski definition) is 1. The van der Waals surface area contributed by atoms with Crippen LogP contribution in [0.5, 0.6) is 0 Å². The summed E-state index contributed by atoms with van der Waals surface area (Å²) in [6.45, 7) is 10.1. The zero-order chi connectivity index (χ0) is 13.7. The number of hydrogen-bond acceptors (Lipinski definition) is 3. The van der Waals surface area contributed by atoms with Gasteiger partial charge in [0, 0.05) is 29.3 Å². The van der Waals surface area contributed by atoms with Gasteiger partial charge in [-0.15, -0.1) is 0 Å². The Balaban J connectivity index is 2.03. The third-order valence-electron chi connectivity index (χ3n) is 3.86. The molecule has 1 aliphatic heterocycles. The molecule has 1 saturated heterocycles. The zero-order valence-corrected chi connectivity index (χ0v) is 13.2. The molecule has 2 rings (SSSR count). The first-order valence-electron chi connectivity index (χ1n) is 7.41. The molecule has 1 aromatic rings. The highest BCUT2D eigenvalue weighted by Crippen LogP contribution is 2.29. The van der Waals surface area contributed by atoms with E-state index in [4.69, 9.17) is 0 Å². The molecule has 0 aromatic heterocycles. The minimum Gasteiger partial charge on any atom is -0.381 e. The Hall–Kier alpha value is -0.670. The van der Waals surface area contributed by atoms with E-state index in [-0.39, 0.29) is 0 Å². The van der Waals surface area contributed by atoms with Gasteiger partial charge in [0.2, 0.25) is 0 Å². The van der Waals surface area contributed by atoms with Gasteiger partial charge in [0.15, 0.2) is 0 Å². The fourth-order valence-corrected chi connectivity index (χ4v) is 3.77. The molecule has 106 valence electrons. The summed E-state index contributed by atoms with van der Waals surface area (Å²) in [5.74, 6) is 1.24. The van der Waals surface area contributed by atoms with Crippen LogP contribution in [0.15, 0.2) is 24.3 Å². The Morgan fingerprint density at radius 1 is 1.26 bits per heavy atom. The highest BCUT2D eigenvalue weighted by molar-refractivity contribution is 8.00. The highest BCUT2D eigenvalue weighted by Gasteiger charge is 2.22. The summed E-state index contributed by atoms with van der Waals surface area (Å²) >= 11 is 2.08. The van der Waals surface area contributed by atoms with Crippen LogP contribution in [0.4, 0.5) is 5.69 Å². The third-order valence-corrected chi connectivity index (χ3v) is 5.22. The maximum absolute atomic E-state index is 3.75. The Morgan fingerprint density at radius 2 is 2.00 bits per heavy atom. The molecule has 1 aliphatic rings. The van der Waals surface area contributed by atoms with E-state index < -0.39 is 0 Å². The molecular formula is C16H26N2S. The molecule has 1 heterocycles. The minimum absolute atomic E-state index is 0.637. The van der Waals surface area contributed by atoms with Crippen LogP contribution in [0.1, 0.15) is 32.8 Å². The van der Waals surface area contributed by atoms with E-state index >= 15 is 0 Å². The number of anilines is 1. The van der Waals surface area contributed by atoms with E-state index in [2.05, 4.69) is 67.0 Å². The van der Waals surface area contributed by atoms with Crippen molar-refractivity contribution < 1.29 is 0 Å². The average Bonchev–Trinajstić information content (AvgIpc) is 2.83. The molecule has 0 aliphatic carbocycles. The van der Waals surface area contributed by atoms with Crippen molar-refractivity contribution in [2.75, 3.05) is 24.2 Å². The van der Waals surface area contributed by atoms with E-state index in [1.807, 2.05) is 0 Å². The minimum atomic E-state index is 0.637. The second-order valence-corrected chi connectivity index (χ2v) is 6.81. The fourth-order valence-electron chi connectivity index (χ4n) is 2.62. The molecular weight excluding hydrogens is 252 g/mol. The molecule has 0 amide bonds. The summed E-state index contributed by atoms with van der Waals surface area (Å²) in [5, 5.41) is 4.54. The average molecular weight is 278 g/mol. The van der Waals surface area contributed by atoms with Crippen LogP contribution < -0.4 is 5.32 Å². The molecule has 3 heteroatoms. The zero-order valence-electron chi connectivity index (χ0n) is 12.4. The van der Waals surface area contributed by atoms with E-state index in [0.717, 1.165) is 24.9 Å². The van der Waals surface area contributed by atoms with Gasteiger partial charge < -0.3 is 5.32 Å². The standard InChI is InChI=1S/C16H26N2S/c1-4-18(5-2)11-14-8-6-7-9-16(14)17-15-10-13(3)19-12-15/h6-9,13,15,17H,4-5,10-12H2,1-3H3. The van der Waals surface area contributed by atoms with Gasteiger partial charge in [-0.1, -0.05) is 39.0 Å². The monoisotopic (exact) mass is 278 g/mol. The number of nitrogens with one attached hydrogen (secondary N) is 1. The van der Waals surface area contributed by atoms with Crippen molar-refractivity contribution in [1.82, 2.24) is 4.90 Å². The second kappa shape index (κ2) is 7.20. The summed E-state index contributed by atoms with van der Waals surface area (Å²) in [7, 11) is 0. The Kier molecular flexibility index (Phi) is 5.59. The van der Waals surface area contributed by atoms with Crippen molar-refractivity contribution in [2.45, 2.75) is 45.0 Å². The summed E-state index contributed by atoms with van der Waals surface area (Å²) in [6, 6.07) is 9.41. The van der Waals surface area contributed by atoms with Gasteiger partial charge in [-0.3, -0.25) is 4.90 Å². The number of para-hydroxylation sites is 1. The van der Waals surface area contributed by atoms with E-state index in [9.17, 15) is 0 Å². The van der Waals surface area contributed by atoms with Gasteiger partial charge in [-0.05, 0) is 31.1 Å². The predicted octanol–water partition coefficient (Wildman–Crippen LogP) is 3.83. The quantitative estimate of drug-likeness (QED) is 0.851. The molecule has 2 atom stereocenters. The molecule has 0 saturated carbocycles. The van der Waals surface area contributed by atoms with Gasteiger partial charge in [0.1, 0.15) is 0 Å². The van der Waals surface area contributed by atoms with Crippen molar-refractivity contribution in [3.8, 4) is 0 Å². The summed E-state index contributed by atoms with van der Waals surface area (Å²) in [4.78, 5) is 2.46. The molecule has 0 spiro atoms. The van der Waals surface area contributed by atoms with Crippen LogP contribution in [0.25, 0.3) is 0 Å². The fraction of sp³-hybridized carbons (Fsp3) is 0.625. The van der Waals surface area contributed by atoms with Gasteiger partial charge >= 0.3 is 0 Å². The van der Waals surface area contributed by atoms with Crippen molar-refractivity contribution in [3.05, 3.63) is 29.8 Å². The highest BCUT2D eigenvalue weighted by atomic mass is 32.2. The van der Waals surface area contributed by atoms with Crippen molar-refractivity contribution in [1.29, 1.82) is 0 Å². The smallest absolute Gasteiger partial charge is 0.0388 e. The van der Waals surface area contributed by atoms with E-state index in [1.165, 1.54) is 23.4 Å². The van der Waals surface area contributed by atoms with Crippen molar-refractivity contribution in [2.24, 2.45) is 0 Å². The van der Waals surface area contributed by atoms with Gasteiger partial charge in [0.25, 0.3) is 0 Å². The predicted molar refractivity (Wildman–Crippen MR) is 87.0 cm³/mol. The summed E-state index contributed by atoms with van der Waals surface area (Å²) < 4.78 is 0. The van der Waals surface area contributed by atoms with Crippen LogP contribution in [-0.4, -0.2) is 35.0 Å². The molecule has 1 N–H and O–H groups in total. The van der Waals surface area contributed by atoms with Crippen molar-refractivity contribution >= 4 is 17.4 Å². The van der Waals surface area contributed by atoms with E-state index in [0.29, 0.717) is 6.04 Å². The first-order valence-corrected chi connectivity index (χ1v) is 8.46. The number of benzene rings is 1. The van der Waals surface area contributed by atoms with Crippen LogP contribution in [0, 0.1) is 0 Å². The summed E-state index contributed by atoms with van der Waals surface area (Å²) in [5.41, 5.74) is 2.75. The molecule has 19 heavy (non-hydrogen) atoms. The molecule has 2 unspecified atom stereocenters. The van der Waals surface area contributed by atoms with Gasteiger partial charge in [-0.25, -0.2) is 0 Å². The Bertz CT molecular complexity index is 390. The Morgan fingerprint density at radius 3 is 2.63 bits per heavy atom. The lowest BCUT2D eigenvalue weighted by Gasteiger charge is -2.22. The largest absolute Gasteiger partial charge is 0.381 e. The molecule has 0 bridgehead atoms. The SMILES string of the molecule is CCN(CC)Cc1ccccc1NC1CSC(C)C1. The maximum atomic E-state index is 3.75. The second-order valence-electron chi connectivity index (χ2n) is 5.34. The summed E-state index contributed by atoms with van der Waals surface area (Å²) in [6.07, 6.45) is 1.28. The lowest BCUT2D eigenvalue weighted by atomic mass is 10.1. The van der Waals surface area contributed by atoms with Gasteiger partial charge in [0.05, 0.1) is 0 Å². The van der Waals surface area contributed by atoms with E-state index in [1.54, 1.807) is 0 Å². The number of nitrogens with zero attached hydrogens (tertiary/aromatic N) is 1. The van der Waals surface area contributed by atoms with Gasteiger partial charge in [-0.2, -0.15) is 11.8 Å². The molecule has 2 nitrogen and oxygen atoms in total. The number of rotatable bonds is 6. The van der Waals surface area contributed by atoms with Crippen LogP contribution in [0.3, 0.4) is 0 Å². The molecule has 1 fully saturated rings. The number of thioether (sulfide) groups is 1. The van der Waals surface area contributed by atoms with Crippen LogP contribution in [-0.2, 0) is 6.54 Å². The molecule has 0 radical (unpaired) electrons. The van der Waals surface area contributed by atoms with Crippen LogP contribution >= 0.6 is 11.8 Å². The normalized spacial score (nSPS) is 22.9. The maximum Gasteiger partial charge on any atom is 0.0388 e. The first-order chi connectivity index (χ1) is 9.22. The lowest BCUT2D eigenvalue weighted by Crippen LogP contribution is -2.24. The van der Waals surface area contributed by atoms with Crippen molar-refractivity contribution in [3.63, 3.8) is 0 Å². The topological polar surface area (TPSA) is 15.3 Å². The third kappa shape index (κ3) is 4.15. The first kappa shape index (κ1) is 14.7. The molecule has 1 aromatic carbocycles. The lowest BCUT2D eigenvalue weighted by molar-refractivity contribution is 0.296. The Labute approximate surface area is 122 Å².